The molecule has 1 aliphatic rings. The molecule has 4 nitrogen and oxygen atoms in total. The minimum Gasteiger partial charge on any atom is -0.398 e. The zero-order valence-electron chi connectivity index (χ0n) is 9.53. The van der Waals surface area contributed by atoms with Crippen molar-refractivity contribution in [3.8, 4) is 0 Å². The summed E-state index contributed by atoms with van der Waals surface area (Å²) in [5.41, 5.74) is 8.61. The SMILES string of the molecule is Nc1cc2c(cc1SCCCO)CCC(=O)N2. The highest BCUT2D eigenvalue weighted by Gasteiger charge is 2.16. The van der Waals surface area contributed by atoms with Crippen LogP contribution < -0.4 is 11.1 Å². The number of nitrogen functional groups attached to an aromatic ring is 1. The summed E-state index contributed by atoms with van der Waals surface area (Å²) >= 11 is 1.65. The van der Waals surface area contributed by atoms with Gasteiger partial charge in [-0.25, -0.2) is 0 Å². The number of hydrogen-bond donors (Lipinski definition) is 3. The van der Waals surface area contributed by atoms with E-state index in [1.807, 2.05) is 12.1 Å². The molecular formula is C12H16N2O2S. The highest BCUT2D eigenvalue weighted by molar-refractivity contribution is 7.99. The lowest BCUT2D eigenvalue weighted by Gasteiger charge is -2.19. The highest BCUT2D eigenvalue weighted by Crippen LogP contribution is 2.33. The lowest BCUT2D eigenvalue weighted by molar-refractivity contribution is -0.116. The molecule has 0 bridgehead atoms. The zero-order valence-corrected chi connectivity index (χ0v) is 10.3. The van der Waals surface area contributed by atoms with E-state index in [-0.39, 0.29) is 12.5 Å². The maximum atomic E-state index is 11.2. The van der Waals surface area contributed by atoms with Gasteiger partial charge < -0.3 is 16.2 Å². The summed E-state index contributed by atoms with van der Waals surface area (Å²) in [5.74, 6) is 0.906. The molecule has 0 saturated carbocycles. The van der Waals surface area contributed by atoms with E-state index in [2.05, 4.69) is 5.32 Å². The van der Waals surface area contributed by atoms with Crippen molar-refractivity contribution in [2.24, 2.45) is 0 Å². The monoisotopic (exact) mass is 252 g/mol. The van der Waals surface area contributed by atoms with E-state index >= 15 is 0 Å². The van der Waals surface area contributed by atoms with Gasteiger partial charge in [-0.1, -0.05) is 0 Å². The second-order valence-corrected chi connectivity index (χ2v) is 5.16. The van der Waals surface area contributed by atoms with Crippen LogP contribution in [0.3, 0.4) is 0 Å². The first-order valence-corrected chi connectivity index (χ1v) is 6.65. The summed E-state index contributed by atoms with van der Waals surface area (Å²) in [6.07, 6.45) is 2.07. The number of aliphatic hydroxyl groups excluding tert-OH is 1. The van der Waals surface area contributed by atoms with Crippen molar-refractivity contribution in [1.29, 1.82) is 0 Å². The molecule has 2 rings (SSSR count). The topological polar surface area (TPSA) is 75.3 Å². The maximum absolute atomic E-state index is 11.2. The highest BCUT2D eigenvalue weighted by atomic mass is 32.2. The van der Waals surface area contributed by atoms with Gasteiger partial charge in [-0.15, -0.1) is 11.8 Å². The van der Waals surface area contributed by atoms with Crippen LogP contribution in [0.1, 0.15) is 18.4 Å². The van der Waals surface area contributed by atoms with Gasteiger partial charge in [-0.2, -0.15) is 0 Å². The Morgan fingerprint density at radius 2 is 2.24 bits per heavy atom. The van der Waals surface area contributed by atoms with Gasteiger partial charge in [0.2, 0.25) is 5.91 Å². The second-order valence-electron chi connectivity index (χ2n) is 4.02. The number of aliphatic hydroxyl groups is 1. The van der Waals surface area contributed by atoms with Gasteiger partial charge in [0.1, 0.15) is 0 Å². The summed E-state index contributed by atoms with van der Waals surface area (Å²) in [7, 11) is 0. The van der Waals surface area contributed by atoms with Crippen molar-refractivity contribution in [3.05, 3.63) is 17.7 Å². The molecular weight excluding hydrogens is 236 g/mol. The molecule has 0 unspecified atom stereocenters. The first kappa shape index (κ1) is 12.3. The number of benzene rings is 1. The molecule has 0 spiro atoms. The van der Waals surface area contributed by atoms with E-state index in [0.29, 0.717) is 12.1 Å². The number of nitrogens with two attached hydrogens (primary N) is 1. The van der Waals surface area contributed by atoms with Crippen molar-refractivity contribution in [2.75, 3.05) is 23.4 Å². The Hall–Kier alpha value is -1.20. The smallest absolute Gasteiger partial charge is 0.224 e. The number of hydrogen-bond acceptors (Lipinski definition) is 4. The van der Waals surface area contributed by atoms with E-state index in [9.17, 15) is 4.79 Å². The molecule has 1 amide bonds. The zero-order chi connectivity index (χ0) is 12.3. The number of anilines is 2. The van der Waals surface area contributed by atoms with Gasteiger partial charge >= 0.3 is 0 Å². The third-order valence-corrected chi connectivity index (χ3v) is 3.85. The minimum atomic E-state index is 0.0533. The normalized spacial score (nSPS) is 14.3. The predicted octanol–water partition coefficient (Wildman–Crippen LogP) is 1.63. The number of amides is 1. The van der Waals surface area contributed by atoms with Gasteiger partial charge in [-0.05, 0) is 30.5 Å². The summed E-state index contributed by atoms with van der Waals surface area (Å²) in [4.78, 5) is 12.3. The Kier molecular flexibility index (Phi) is 3.91. The number of nitrogens with one attached hydrogen (secondary N) is 1. The fourth-order valence-corrected chi connectivity index (χ4v) is 2.74. The Morgan fingerprint density at radius 1 is 1.41 bits per heavy atom. The molecule has 0 radical (unpaired) electrons. The fraction of sp³-hybridized carbons (Fsp3) is 0.417. The quantitative estimate of drug-likeness (QED) is 0.432. The molecule has 0 aromatic heterocycles. The van der Waals surface area contributed by atoms with Crippen LogP contribution in [-0.2, 0) is 11.2 Å². The van der Waals surface area contributed by atoms with Gasteiger partial charge in [-0.3, -0.25) is 4.79 Å². The van der Waals surface area contributed by atoms with Gasteiger partial charge in [0.25, 0.3) is 0 Å². The molecule has 1 heterocycles. The van der Waals surface area contributed by atoms with Crippen LogP contribution in [0.4, 0.5) is 11.4 Å². The molecule has 0 atom stereocenters. The fourth-order valence-electron chi connectivity index (χ4n) is 1.79. The summed E-state index contributed by atoms with van der Waals surface area (Å²) < 4.78 is 0. The average molecular weight is 252 g/mol. The van der Waals surface area contributed by atoms with Crippen LogP contribution in [0.25, 0.3) is 0 Å². The van der Waals surface area contributed by atoms with Crippen LogP contribution in [0.5, 0.6) is 0 Å². The number of thioether (sulfide) groups is 1. The molecule has 1 aromatic rings. The van der Waals surface area contributed by atoms with Crippen LogP contribution in [0, 0.1) is 0 Å². The first-order valence-electron chi connectivity index (χ1n) is 5.66. The van der Waals surface area contributed by atoms with E-state index < -0.39 is 0 Å². The van der Waals surface area contributed by atoms with Crippen LogP contribution in [-0.4, -0.2) is 23.4 Å². The van der Waals surface area contributed by atoms with Crippen LogP contribution in [0.2, 0.25) is 0 Å². The molecule has 0 aliphatic carbocycles. The second kappa shape index (κ2) is 5.42. The van der Waals surface area contributed by atoms with Gasteiger partial charge in [0, 0.05) is 35.1 Å². The Bertz CT molecular complexity index is 435. The van der Waals surface area contributed by atoms with Crippen LogP contribution >= 0.6 is 11.8 Å². The molecule has 1 aliphatic heterocycles. The third-order valence-electron chi connectivity index (χ3n) is 2.69. The largest absolute Gasteiger partial charge is 0.398 e. The Balaban J connectivity index is 2.16. The number of carbonyl (C=O) groups excluding carboxylic acids is 1. The van der Waals surface area contributed by atoms with Crippen LogP contribution in [0.15, 0.2) is 17.0 Å². The summed E-state index contributed by atoms with van der Waals surface area (Å²) in [6, 6.07) is 3.87. The van der Waals surface area contributed by atoms with E-state index in [0.717, 1.165) is 34.7 Å². The number of aryl methyl sites for hydroxylation is 1. The average Bonchev–Trinajstić information content (AvgIpc) is 2.30. The van der Waals surface area contributed by atoms with Gasteiger partial charge in [0.15, 0.2) is 0 Å². The molecule has 92 valence electrons. The molecule has 1 aromatic carbocycles. The molecule has 0 saturated heterocycles. The van der Waals surface area contributed by atoms with E-state index in [1.165, 1.54) is 0 Å². The third kappa shape index (κ3) is 2.92. The standard InChI is InChI=1S/C12H16N2O2S/c13-9-7-10-8(2-3-12(16)14-10)6-11(9)17-5-1-4-15/h6-7,15H,1-5,13H2,(H,14,16). The lowest BCUT2D eigenvalue weighted by atomic mass is 10.0. The molecule has 4 N–H and O–H groups in total. The van der Waals surface area contributed by atoms with Crippen molar-refractivity contribution < 1.29 is 9.90 Å². The Morgan fingerprint density at radius 3 is 3.00 bits per heavy atom. The van der Waals surface area contributed by atoms with Crippen molar-refractivity contribution in [1.82, 2.24) is 0 Å². The van der Waals surface area contributed by atoms with E-state index in [4.69, 9.17) is 10.8 Å². The Labute approximate surface area is 105 Å². The molecule has 17 heavy (non-hydrogen) atoms. The maximum Gasteiger partial charge on any atom is 0.224 e. The molecule has 0 fully saturated rings. The van der Waals surface area contributed by atoms with E-state index in [1.54, 1.807) is 11.8 Å². The predicted molar refractivity (Wildman–Crippen MR) is 70.2 cm³/mol. The minimum absolute atomic E-state index is 0.0533. The summed E-state index contributed by atoms with van der Waals surface area (Å²) in [6.45, 7) is 0.202. The lowest BCUT2D eigenvalue weighted by Crippen LogP contribution is -2.19. The van der Waals surface area contributed by atoms with Gasteiger partial charge in [0.05, 0.1) is 0 Å². The number of rotatable bonds is 4. The number of fused-ring (bicyclic) bond motifs is 1. The molecule has 5 heteroatoms. The van der Waals surface area contributed by atoms with Crippen molar-refractivity contribution in [2.45, 2.75) is 24.2 Å². The van der Waals surface area contributed by atoms with Crippen molar-refractivity contribution >= 4 is 29.0 Å². The van der Waals surface area contributed by atoms with Crippen molar-refractivity contribution in [3.63, 3.8) is 0 Å². The first-order chi connectivity index (χ1) is 8.20. The number of carbonyl (C=O) groups is 1. The summed E-state index contributed by atoms with van der Waals surface area (Å²) in [5, 5.41) is 11.6.